The maximum atomic E-state index is 12.2. The van der Waals surface area contributed by atoms with Gasteiger partial charge in [0.25, 0.3) is 5.91 Å². The minimum atomic E-state index is -0.214. The lowest BCUT2D eigenvalue weighted by atomic mass is 9.95. The molecule has 2 aromatic heterocycles. The van der Waals surface area contributed by atoms with E-state index in [1.54, 1.807) is 6.07 Å². The molecule has 0 bridgehead atoms. The highest BCUT2D eigenvalue weighted by Crippen LogP contribution is 2.21. The Balaban J connectivity index is 1.55. The van der Waals surface area contributed by atoms with Crippen LogP contribution < -0.4 is 5.32 Å². The SMILES string of the molecule is Cc1nc(CCNC(=O)c2cc(CC(C)C)on2)nc2c1CCCC2. The van der Waals surface area contributed by atoms with Gasteiger partial charge in [0.1, 0.15) is 11.6 Å². The van der Waals surface area contributed by atoms with Gasteiger partial charge >= 0.3 is 0 Å². The summed E-state index contributed by atoms with van der Waals surface area (Å²) in [7, 11) is 0. The van der Waals surface area contributed by atoms with Crippen LogP contribution in [0.15, 0.2) is 10.6 Å². The number of carbonyl (C=O) groups is 1. The van der Waals surface area contributed by atoms with Crippen LogP contribution >= 0.6 is 0 Å². The van der Waals surface area contributed by atoms with E-state index < -0.39 is 0 Å². The number of hydrogen-bond acceptors (Lipinski definition) is 5. The summed E-state index contributed by atoms with van der Waals surface area (Å²) in [6, 6.07) is 1.72. The Kier molecular flexibility index (Phi) is 5.46. The van der Waals surface area contributed by atoms with E-state index in [4.69, 9.17) is 4.52 Å². The molecule has 134 valence electrons. The fourth-order valence-electron chi connectivity index (χ4n) is 3.25. The molecule has 2 heterocycles. The quantitative estimate of drug-likeness (QED) is 0.873. The van der Waals surface area contributed by atoms with Gasteiger partial charge in [-0.2, -0.15) is 0 Å². The van der Waals surface area contributed by atoms with E-state index in [9.17, 15) is 4.79 Å². The van der Waals surface area contributed by atoms with Gasteiger partial charge in [0.05, 0.1) is 0 Å². The van der Waals surface area contributed by atoms with Crippen molar-refractivity contribution in [2.75, 3.05) is 6.54 Å². The molecule has 1 aliphatic carbocycles. The van der Waals surface area contributed by atoms with Crippen LogP contribution in [-0.2, 0) is 25.7 Å². The summed E-state index contributed by atoms with van der Waals surface area (Å²) >= 11 is 0. The zero-order valence-electron chi connectivity index (χ0n) is 15.3. The highest BCUT2D eigenvalue weighted by Gasteiger charge is 2.16. The third-order valence-electron chi connectivity index (χ3n) is 4.47. The van der Waals surface area contributed by atoms with Crippen LogP contribution in [0.4, 0.5) is 0 Å². The molecule has 6 heteroatoms. The number of nitrogens with one attached hydrogen (secondary N) is 1. The number of carbonyl (C=O) groups excluding carboxylic acids is 1. The second kappa shape index (κ2) is 7.76. The first-order chi connectivity index (χ1) is 12.0. The van der Waals surface area contributed by atoms with Crippen molar-refractivity contribution in [1.82, 2.24) is 20.4 Å². The van der Waals surface area contributed by atoms with E-state index in [1.165, 1.54) is 24.1 Å². The summed E-state index contributed by atoms with van der Waals surface area (Å²) in [6.45, 7) is 6.74. The van der Waals surface area contributed by atoms with E-state index in [0.717, 1.165) is 36.5 Å². The average molecular weight is 342 g/mol. The summed E-state index contributed by atoms with van der Waals surface area (Å²) in [5.41, 5.74) is 3.92. The van der Waals surface area contributed by atoms with Crippen molar-refractivity contribution in [2.45, 2.75) is 59.3 Å². The van der Waals surface area contributed by atoms with Gasteiger partial charge < -0.3 is 9.84 Å². The minimum Gasteiger partial charge on any atom is -0.361 e. The second-order valence-corrected chi connectivity index (χ2v) is 7.14. The van der Waals surface area contributed by atoms with E-state index in [1.807, 2.05) is 0 Å². The summed E-state index contributed by atoms with van der Waals surface area (Å²) in [5.74, 6) is 1.80. The maximum absolute atomic E-state index is 12.2. The Morgan fingerprint density at radius 1 is 1.28 bits per heavy atom. The van der Waals surface area contributed by atoms with Crippen molar-refractivity contribution in [3.63, 3.8) is 0 Å². The summed E-state index contributed by atoms with van der Waals surface area (Å²) < 4.78 is 5.20. The number of aromatic nitrogens is 3. The van der Waals surface area contributed by atoms with Crippen LogP contribution in [0.25, 0.3) is 0 Å². The van der Waals surface area contributed by atoms with E-state index in [2.05, 4.69) is 41.2 Å². The molecule has 25 heavy (non-hydrogen) atoms. The van der Waals surface area contributed by atoms with E-state index in [-0.39, 0.29) is 5.91 Å². The lowest BCUT2D eigenvalue weighted by Crippen LogP contribution is -2.26. The second-order valence-electron chi connectivity index (χ2n) is 7.14. The minimum absolute atomic E-state index is 0.214. The third kappa shape index (κ3) is 4.44. The average Bonchev–Trinajstić information content (AvgIpc) is 3.02. The van der Waals surface area contributed by atoms with Gasteiger partial charge in [-0.15, -0.1) is 0 Å². The maximum Gasteiger partial charge on any atom is 0.273 e. The highest BCUT2D eigenvalue weighted by molar-refractivity contribution is 5.92. The zero-order chi connectivity index (χ0) is 17.8. The van der Waals surface area contributed by atoms with Crippen LogP contribution in [0.1, 0.15) is 65.7 Å². The fourth-order valence-corrected chi connectivity index (χ4v) is 3.25. The number of amides is 1. The van der Waals surface area contributed by atoms with Crippen molar-refractivity contribution in [3.8, 4) is 0 Å². The molecule has 2 aromatic rings. The van der Waals surface area contributed by atoms with Gasteiger partial charge in [0.2, 0.25) is 0 Å². The summed E-state index contributed by atoms with van der Waals surface area (Å²) in [6.07, 6.45) is 5.95. The highest BCUT2D eigenvalue weighted by atomic mass is 16.5. The molecule has 0 atom stereocenters. The predicted molar refractivity (Wildman–Crippen MR) is 94.5 cm³/mol. The first-order valence-corrected chi connectivity index (χ1v) is 9.12. The number of aryl methyl sites for hydroxylation is 2. The van der Waals surface area contributed by atoms with Gasteiger partial charge in [-0.1, -0.05) is 19.0 Å². The number of rotatable bonds is 6. The van der Waals surface area contributed by atoms with Crippen molar-refractivity contribution >= 4 is 5.91 Å². The number of hydrogen-bond donors (Lipinski definition) is 1. The molecule has 3 rings (SSSR count). The molecule has 1 N–H and O–H groups in total. The third-order valence-corrected chi connectivity index (χ3v) is 4.47. The first kappa shape index (κ1) is 17.6. The molecule has 0 fully saturated rings. The lowest BCUT2D eigenvalue weighted by molar-refractivity contribution is 0.0945. The van der Waals surface area contributed by atoms with Gasteiger partial charge in [-0.25, -0.2) is 9.97 Å². The summed E-state index contributed by atoms with van der Waals surface area (Å²) in [4.78, 5) is 21.4. The fraction of sp³-hybridized carbons (Fsp3) is 0.579. The number of nitrogens with zero attached hydrogens (tertiary/aromatic N) is 3. The normalized spacial score (nSPS) is 13.8. The first-order valence-electron chi connectivity index (χ1n) is 9.12. The Morgan fingerprint density at radius 2 is 2.08 bits per heavy atom. The van der Waals surface area contributed by atoms with Crippen LogP contribution in [0, 0.1) is 12.8 Å². The van der Waals surface area contributed by atoms with Crippen molar-refractivity contribution in [3.05, 3.63) is 40.3 Å². The molecule has 1 amide bonds. The number of fused-ring (bicyclic) bond motifs is 1. The van der Waals surface area contributed by atoms with Crippen LogP contribution in [0.2, 0.25) is 0 Å². The molecule has 0 saturated heterocycles. The molecule has 0 spiro atoms. The van der Waals surface area contributed by atoms with E-state index >= 15 is 0 Å². The van der Waals surface area contributed by atoms with Gasteiger partial charge in [0, 0.05) is 36.8 Å². The molecule has 6 nitrogen and oxygen atoms in total. The van der Waals surface area contributed by atoms with Crippen molar-refractivity contribution in [2.24, 2.45) is 5.92 Å². The monoisotopic (exact) mass is 342 g/mol. The van der Waals surface area contributed by atoms with Gasteiger partial charge in [-0.05, 0) is 44.1 Å². The van der Waals surface area contributed by atoms with Crippen molar-refractivity contribution < 1.29 is 9.32 Å². The smallest absolute Gasteiger partial charge is 0.273 e. The molecule has 0 aliphatic heterocycles. The van der Waals surface area contributed by atoms with Crippen LogP contribution in [-0.4, -0.2) is 27.6 Å². The molecule has 0 aromatic carbocycles. The van der Waals surface area contributed by atoms with E-state index in [0.29, 0.717) is 24.6 Å². The molecular weight excluding hydrogens is 316 g/mol. The van der Waals surface area contributed by atoms with Gasteiger partial charge in [0.15, 0.2) is 5.69 Å². The van der Waals surface area contributed by atoms with Gasteiger partial charge in [-0.3, -0.25) is 4.79 Å². The predicted octanol–water partition coefficient (Wildman–Crippen LogP) is 2.82. The molecular formula is C19H26N4O2. The lowest BCUT2D eigenvalue weighted by Gasteiger charge is -2.17. The Morgan fingerprint density at radius 3 is 2.88 bits per heavy atom. The molecule has 1 aliphatic rings. The van der Waals surface area contributed by atoms with Crippen molar-refractivity contribution in [1.29, 1.82) is 0 Å². The summed E-state index contributed by atoms with van der Waals surface area (Å²) in [5, 5.41) is 6.72. The standard InChI is InChI=1S/C19H26N4O2/c1-12(2)10-14-11-17(23-25-14)19(24)20-9-8-18-21-13(3)15-6-4-5-7-16(15)22-18/h11-12H,4-10H2,1-3H3,(H,20,24). The largest absolute Gasteiger partial charge is 0.361 e. The molecule has 0 radical (unpaired) electrons. The van der Waals surface area contributed by atoms with Crippen LogP contribution in [0.3, 0.4) is 0 Å². The topological polar surface area (TPSA) is 80.9 Å². The van der Waals surface area contributed by atoms with Crippen LogP contribution in [0.5, 0.6) is 0 Å². The molecule has 0 unspecified atom stereocenters. The Bertz CT molecular complexity index is 752. The Hall–Kier alpha value is -2.24. The molecule has 0 saturated carbocycles. The Labute approximate surface area is 148 Å². The zero-order valence-corrected chi connectivity index (χ0v) is 15.3.